The number of hydrogen-bond donors (Lipinski definition) is 2. The Balaban J connectivity index is 1.31. The van der Waals surface area contributed by atoms with Gasteiger partial charge in [0.25, 0.3) is 0 Å². The number of amides is 2. The molecule has 30 heavy (non-hydrogen) atoms. The summed E-state index contributed by atoms with van der Waals surface area (Å²) in [5.41, 5.74) is 0.952. The molecule has 1 aliphatic rings. The van der Waals surface area contributed by atoms with Crippen LogP contribution in [0.5, 0.6) is 0 Å². The van der Waals surface area contributed by atoms with Crippen LogP contribution in [0.25, 0.3) is 0 Å². The summed E-state index contributed by atoms with van der Waals surface area (Å²) in [4.78, 5) is 19.9. The van der Waals surface area contributed by atoms with E-state index < -0.39 is 17.7 Å². The Kier molecular flexibility index (Phi) is 5.64. The second kappa shape index (κ2) is 8.68. The van der Waals surface area contributed by atoms with Gasteiger partial charge >= 0.3 is 6.03 Å². The van der Waals surface area contributed by atoms with Crippen molar-refractivity contribution in [1.82, 2.24) is 20.1 Å². The summed E-state index contributed by atoms with van der Waals surface area (Å²) in [7, 11) is 0. The van der Waals surface area contributed by atoms with Crippen LogP contribution >= 0.6 is 0 Å². The maximum atomic E-state index is 13.3. The van der Waals surface area contributed by atoms with E-state index in [1.165, 1.54) is 0 Å². The second-order valence-electron chi connectivity index (χ2n) is 6.70. The van der Waals surface area contributed by atoms with Gasteiger partial charge in [-0.1, -0.05) is 0 Å². The number of pyridine rings is 1. The van der Waals surface area contributed by atoms with Crippen LogP contribution in [0.3, 0.4) is 0 Å². The fourth-order valence-electron chi connectivity index (χ4n) is 3.11. The van der Waals surface area contributed by atoms with Crippen LogP contribution < -0.4 is 15.5 Å². The zero-order chi connectivity index (χ0) is 20.9. The predicted octanol–water partition coefficient (Wildman–Crippen LogP) is 3.25. The molecule has 0 spiro atoms. The van der Waals surface area contributed by atoms with E-state index >= 15 is 0 Å². The van der Waals surface area contributed by atoms with Crippen LogP contribution in [0, 0.1) is 11.6 Å². The van der Waals surface area contributed by atoms with Crippen LogP contribution in [0.15, 0.2) is 54.9 Å². The monoisotopic (exact) mass is 411 g/mol. The average Bonchev–Trinajstić information content (AvgIpc) is 2.74. The first kappa shape index (κ1) is 19.5. The molecule has 3 heterocycles. The molecule has 3 aromatic rings. The van der Waals surface area contributed by atoms with Crippen LogP contribution in [0.2, 0.25) is 0 Å². The van der Waals surface area contributed by atoms with E-state index in [1.807, 2.05) is 29.2 Å². The number of nitrogens with one attached hydrogen (secondary N) is 2. The number of anilines is 4. The van der Waals surface area contributed by atoms with E-state index in [0.29, 0.717) is 37.8 Å². The number of aromatic nitrogens is 3. The molecule has 1 fully saturated rings. The smallest absolute Gasteiger partial charge is 0.321 e. The molecule has 1 aliphatic heterocycles. The van der Waals surface area contributed by atoms with E-state index in [9.17, 15) is 13.6 Å². The first-order valence-corrected chi connectivity index (χ1v) is 9.34. The lowest BCUT2D eigenvalue weighted by Gasteiger charge is -2.35. The molecule has 8 nitrogen and oxygen atoms in total. The Labute approximate surface area is 171 Å². The van der Waals surface area contributed by atoms with Crippen molar-refractivity contribution in [3.8, 4) is 0 Å². The number of hydrogen-bond acceptors (Lipinski definition) is 6. The van der Waals surface area contributed by atoms with E-state index in [0.717, 1.165) is 23.9 Å². The molecular formula is C20H19F2N7O. The number of halogens is 2. The largest absolute Gasteiger partial charge is 0.352 e. The van der Waals surface area contributed by atoms with Gasteiger partial charge in [-0.25, -0.2) is 13.6 Å². The summed E-state index contributed by atoms with van der Waals surface area (Å²) in [6.45, 7) is 2.03. The number of carbonyl (C=O) groups excluding carboxylic acids is 1. The minimum atomic E-state index is -0.740. The highest BCUT2D eigenvalue weighted by Crippen LogP contribution is 2.18. The normalized spacial score (nSPS) is 13.8. The second-order valence-corrected chi connectivity index (χ2v) is 6.70. The van der Waals surface area contributed by atoms with Gasteiger partial charge in [-0.3, -0.25) is 4.98 Å². The quantitative estimate of drug-likeness (QED) is 0.686. The summed E-state index contributed by atoms with van der Waals surface area (Å²) < 4.78 is 26.6. The van der Waals surface area contributed by atoms with Crippen molar-refractivity contribution in [2.24, 2.45) is 0 Å². The first-order chi connectivity index (χ1) is 14.6. The molecule has 1 aromatic carbocycles. The third kappa shape index (κ3) is 4.77. The van der Waals surface area contributed by atoms with Crippen molar-refractivity contribution >= 4 is 29.0 Å². The standard InChI is InChI=1S/C20H19F2N7O/c21-14-11-15(22)13-17(12-14)25-20(30)29-9-7-28(8-10-29)19-2-1-18(26-27-19)24-16-3-5-23-6-4-16/h1-6,11-13H,7-10H2,(H,25,30)(H,23,24,26). The van der Waals surface area contributed by atoms with E-state index in [4.69, 9.17) is 0 Å². The summed E-state index contributed by atoms with van der Waals surface area (Å²) >= 11 is 0. The Hall–Kier alpha value is -3.82. The maximum Gasteiger partial charge on any atom is 0.321 e. The van der Waals surface area contributed by atoms with E-state index in [-0.39, 0.29) is 5.69 Å². The van der Waals surface area contributed by atoms with Crippen LogP contribution in [-0.4, -0.2) is 52.3 Å². The van der Waals surface area contributed by atoms with Crippen molar-refractivity contribution < 1.29 is 13.6 Å². The van der Waals surface area contributed by atoms with Gasteiger partial charge in [-0.2, -0.15) is 0 Å². The molecule has 0 bridgehead atoms. The number of urea groups is 1. The molecule has 2 aromatic heterocycles. The molecule has 2 amide bonds. The summed E-state index contributed by atoms with van der Waals surface area (Å²) in [6.07, 6.45) is 3.37. The highest BCUT2D eigenvalue weighted by Gasteiger charge is 2.22. The third-order valence-electron chi connectivity index (χ3n) is 4.61. The lowest BCUT2D eigenvalue weighted by molar-refractivity contribution is 0.208. The molecule has 0 aliphatic carbocycles. The molecule has 154 valence electrons. The highest BCUT2D eigenvalue weighted by atomic mass is 19.1. The number of piperazine rings is 1. The lowest BCUT2D eigenvalue weighted by atomic mass is 10.3. The van der Waals surface area contributed by atoms with Crippen molar-refractivity contribution in [3.63, 3.8) is 0 Å². The van der Waals surface area contributed by atoms with Gasteiger partial charge in [0, 0.05) is 56.0 Å². The van der Waals surface area contributed by atoms with Gasteiger partial charge in [0.05, 0.1) is 0 Å². The van der Waals surface area contributed by atoms with E-state index in [1.54, 1.807) is 17.3 Å². The molecule has 0 unspecified atom stereocenters. The number of nitrogens with zero attached hydrogens (tertiary/aromatic N) is 5. The van der Waals surface area contributed by atoms with Gasteiger partial charge in [-0.15, -0.1) is 10.2 Å². The lowest BCUT2D eigenvalue weighted by Crippen LogP contribution is -2.50. The van der Waals surface area contributed by atoms with Crippen molar-refractivity contribution in [1.29, 1.82) is 0 Å². The fourth-order valence-corrected chi connectivity index (χ4v) is 3.11. The van der Waals surface area contributed by atoms with Crippen LogP contribution in [0.1, 0.15) is 0 Å². The topological polar surface area (TPSA) is 86.3 Å². The average molecular weight is 411 g/mol. The SMILES string of the molecule is O=C(Nc1cc(F)cc(F)c1)N1CCN(c2ccc(Nc3ccncc3)nn2)CC1. The molecule has 2 N–H and O–H groups in total. The van der Waals surface area contributed by atoms with E-state index in [2.05, 4.69) is 25.8 Å². The van der Waals surface area contributed by atoms with Crippen LogP contribution in [0.4, 0.5) is 36.6 Å². The molecule has 10 heteroatoms. The highest BCUT2D eigenvalue weighted by molar-refractivity contribution is 5.89. The number of carbonyl (C=O) groups is 1. The summed E-state index contributed by atoms with van der Waals surface area (Å²) in [5.74, 6) is -0.154. The van der Waals surface area contributed by atoms with Crippen molar-refractivity contribution in [2.45, 2.75) is 0 Å². The van der Waals surface area contributed by atoms with Crippen molar-refractivity contribution in [2.75, 3.05) is 41.7 Å². The van der Waals surface area contributed by atoms with Gasteiger partial charge in [0.2, 0.25) is 0 Å². The van der Waals surface area contributed by atoms with Crippen LogP contribution in [-0.2, 0) is 0 Å². The zero-order valence-electron chi connectivity index (χ0n) is 15.9. The Bertz CT molecular complexity index is 989. The minimum Gasteiger partial charge on any atom is -0.352 e. The van der Waals surface area contributed by atoms with Gasteiger partial charge in [0.1, 0.15) is 11.6 Å². The minimum absolute atomic E-state index is 0.0862. The van der Waals surface area contributed by atoms with Gasteiger partial charge < -0.3 is 20.4 Å². The third-order valence-corrected chi connectivity index (χ3v) is 4.61. The Morgan fingerprint density at radius 3 is 2.20 bits per heavy atom. The summed E-state index contributed by atoms with van der Waals surface area (Å²) in [6, 6.07) is 9.87. The predicted molar refractivity (Wildman–Crippen MR) is 109 cm³/mol. The number of benzene rings is 1. The molecule has 0 saturated carbocycles. The van der Waals surface area contributed by atoms with Crippen molar-refractivity contribution in [3.05, 3.63) is 66.5 Å². The fraction of sp³-hybridized carbons (Fsp3) is 0.200. The number of rotatable bonds is 4. The molecule has 0 atom stereocenters. The maximum absolute atomic E-state index is 13.3. The zero-order valence-corrected chi connectivity index (χ0v) is 15.9. The molecule has 4 rings (SSSR count). The Morgan fingerprint density at radius 2 is 1.57 bits per heavy atom. The first-order valence-electron chi connectivity index (χ1n) is 9.34. The Morgan fingerprint density at radius 1 is 0.867 bits per heavy atom. The molecular weight excluding hydrogens is 392 g/mol. The van der Waals surface area contributed by atoms with Gasteiger partial charge in [-0.05, 0) is 36.4 Å². The summed E-state index contributed by atoms with van der Waals surface area (Å²) in [5, 5.41) is 14.1. The van der Waals surface area contributed by atoms with Gasteiger partial charge in [0.15, 0.2) is 11.6 Å². The molecule has 0 radical (unpaired) electrons. The molecule has 1 saturated heterocycles.